The van der Waals surface area contributed by atoms with Crippen molar-refractivity contribution in [2.24, 2.45) is 0 Å². The van der Waals surface area contributed by atoms with Gasteiger partial charge in [0.25, 0.3) is 0 Å². The van der Waals surface area contributed by atoms with Crippen LogP contribution in [0.25, 0.3) is 0 Å². The molecule has 0 saturated carbocycles. The molecule has 0 unspecified atom stereocenters. The highest BCUT2D eigenvalue weighted by molar-refractivity contribution is 7.18. The largest absolute Gasteiger partial charge is 0.305 e. The quantitative estimate of drug-likeness (QED) is 0.811. The maximum Gasteiger partial charge on any atom is 0.186 e. The van der Waals surface area contributed by atoms with Crippen LogP contribution in [0.15, 0.2) is 12.1 Å². The minimum Gasteiger partial charge on any atom is -0.305 e. The fourth-order valence-corrected chi connectivity index (χ4v) is 1.88. The van der Waals surface area contributed by atoms with E-state index in [-0.39, 0.29) is 11.3 Å². The van der Waals surface area contributed by atoms with Crippen molar-refractivity contribution in [3.8, 4) is 0 Å². The molecule has 0 aromatic carbocycles. The van der Waals surface area contributed by atoms with Crippen LogP contribution in [0.2, 0.25) is 4.34 Å². The van der Waals surface area contributed by atoms with Crippen LogP contribution in [-0.2, 0) is 0 Å². The molecule has 0 aliphatic heterocycles. The lowest BCUT2D eigenvalue weighted by Crippen LogP contribution is -2.39. The monoisotopic (exact) mass is 231 g/mol. The van der Waals surface area contributed by atoms with Gasteiger partial charge in [-0.1, -0.05) is 11.6 Å². The Morgan fingerprint density at radius 3 is 2.57 bits per heavy atom. The van der Waals surface area contributed by atoms with Gasteiger partial charge in [0, 0.05) is 5.54 Å². The minimum atomic E-state index is -0.0310. The molecule has 1 aromatic rings. The van der Waals surface area contributed by atoms with Crippen molar-refractivity contribution in [1.29, 1.82) is 0 Å². The molecule has 0 saturated heterocycles. The summed E-state index contributed by atoms with van der Waals surface area (Å²) < 4.78 is 0.657. The first-order valence-corrected chi connectivity index (χ1v) is 5.61. The number of halogens is 1. The summed E-state index contributed by atoms with van der Waals surface area (Å²) in [7, 11) is 0. The molecule has 0 radical (unpaired) electrons. The van der Waals surface area contributed by atoms with E-state index >= 15 is 0 Å². The van der Waals surface area contributed by atoms with E-state index in [0.717, 1.165) is 0 Å². The Hall–Kier alpha value is -0.380. The molecule has 0 spiro atoms. The van der Waals surface area contributed by atoms with Gasteiger partial charge >= 0.3 is 0 Å². The van der Waals surface area contributed by atoms with Crippen molar-refractivity contribution in [3.05, 3.63) is 21.3 Å². The summed E-state index contributed by atoms with van der Waals surface area (Å²) in [6, 6.07) is 3.51. The van der Waals surface area contributed by atoms with Crippen LogP contribution in [0, 0.1) is 0 Å². The number of ketones is 1. The van der Waals surface area contributed by atoms with Crippen molar-refractivity contribution in [2.75, 3.05) is 6.54 Å². The number of carbonyl (C=O) groups excluding carboxylic acids is 1. The molecule has 1 rings (SSSR count). The maximum atomic E-state index is 11.6. The molecule has 0 aliphatic rings. The second-order valence-corrected chi connectivity index (χ2v) is 5.85. The van der Waals surface area contributed by atoms with Gasteiger partial charge in [-0.15, -0.1) is 11.3 Å². The predicted octanol–water partition coefficient (Wildman–Crippen LogP) is 2.97. The van der Waals surface area contributed by atoms with Crippen molar-refractivity contribution in [3.63, 3.8) is 0 Å². The maximum absolute atomic E-state index is 11.6. The van der Waals surface area contributed by atoms with E-state index in [0.29, 0.717) is 15.8 Å². The zero-order valence-corrected chi connectivity index (χ0v) is 10.1. The molecule has 1 aromatic heterocycles. The number of rotatable bonds is 3. The van der Waals surface area contributed by atoms with Gasteiger partial charge < -0.3 is 5.32 Å². The summed E-state index contributed by atoms with van der Waals surface area (Å²) in [5, 5.41) is 3.14. The standard InChI is InChI=1S/C10H14ClNOS/c1-10(2,3)12-6-7(13)8-4-5-9(11)14-8/h4-5,12H,6H2,1-3H3. The average Bonchev–Trinajstić information content (AvgIpc) is 2.46. The van der Waals surface area contributed by atoms with E-state index in [2.05, 4.69) is 5.32 Å². The van der Waals surface area contributed by atoms with Crippen molar-refractivity contribution in [2.45, 2.75) is 26.3 Å². The molecule has 0 bridgehead atoms. The van der Waals surface area contributed by atoms with Crippen LogP contribution in [0.1, 0.15) is 30.4 Å². The van der Waals surface area contributed by atoms with Crippen LogP contribution in [0.5, 0.6) is 0 Å². The number of thiophene rings is 1. The Morgan fingerprint density at radius 1 is 1.50 bits per heavy atom. The highest BCUT2D eigenvalue weighted by Gasteiger charge is 2.13. The second kappa shape index (κ2) is 4.43. The fourth-order valence-electron chi connectivity index (χ4n) is 0.897. The first-order chi connectivity index (χ1) is 6.38. The highest BCUT2D eigenvalue weighted by Crippen LogP contribution is 2.21. The third-order valence-electron chi connectivity index (χ3n) is 1.63. The molecule has 14 heavy (non-hydrogen) atoms. The second-order valence-electron chi connectivity index (χ2n) is 4.13. The summed E-state index contributed by atoms with van der Waals surface area (Å²) in [6.45, 7) is 6.45. The molecule has 0 amide bonds. The van der Waals surface area contributed by atoms with Gasteiger partial charge in [0.2, 0.25) is 0 Å². The van der Waals surface area contributed by atoms with Gasteiger partial charge in [-0.05, 0) is 32.9 Å². The Bertz CT molecular complexity index is 327. The summed E-state index contributed by atoms with van der Waals surface area (Å²) >= 11 is 7.06. The fraction of sp³-hybridized carbons (Fsp3) is 0.500. The summed E-state index contributed by atoms with van der Waals surface area (Å²) in [4.78, 5) is 12.3. The smallest absolute Gasteiger partial charge is 0.186 e. The highest BCUT2D eigenvalue weighted by atomic mass is 35.5. The molecule has 0 fully saturated rings. The van der Waals surface area contributed by atoms with Crippen LogP contribution in [0.3, 0.4) is 0 Å². The lowest BCUT2D eigenvalue weighted by molar-refractivity contribution is 0.0986. The van der Waals surface area contributed by atoms with E-state index in [1.807, 2.05) is 20.8 Å². The summed E-state index contributed by atoms with van der Waals surface area (Å²) in [6.07, 6.45) is 0. The van der Waals surface area contributed by atoms with E-state index in [1.54, 1.807) is 12.1 Å². The zero-order chi connectivity index (χ0) is 10.8. The lowest BCUT2D eigenvalue weighted by atomic mass is 10.1. The topological polar surface area (TPSA) is 29.1 Å². The van der Waals surface area contributed by atoms with Crippen LogP contribution < -0.4 is 5.32 Å². The SMILES string of the molecule is CC(C)(C)NCC(=O)c1ccc(Cl)s1. The van der Waals surface area contributed by atoms with Gasteiger partial charge in [-0.3, -0.25) is 4.79 Å². The average molecular weight is 232 g/mol. The molecular weight excluding hydrogens is 218 g/mol. The van der Waals surface area contributed by atoms with Crippen molar-refractivity contribution >= 4 is 28.7 Å². The van der Waals surface area contributed by atoms with Gasteiger partial charge in [-0.2, -0.15) is 0 Å². The summed E-state index contributed by atoms with van der Waals surface area (Å²) in [5.74, 6) is 0.0943. The Morgan fingerprint density at radius 2 is 2.14 bits per heavy atom. The Labute approximate surface area is 93.3 Å². The van der Waals surface area contributed by atoms with E-state index in [9.17, 15) is 4.79 Å². The first kappa shape index (κ1) is 11.7. The normalized spacial score (nSPS) is 11.7. The van der Waals surface area contributed by atoms with E-state index in [1.165, 1.54) is 11.3 Å². The van der Waals surface area contributed by atoms with Crippen molar-refractivity contribution < 1.29 is 4.79 Å². The number of nitrogens with one attached hydrogen (secondary N) is 1. The van der Waals surface area contributed by atoms with E-state index < -0.39 is 0 Å². The molecular formula is C10H14ClNOS. The van der Waals surface area contributed by atoms with Crippen LogP contribution in [-0.4, -0.2) is 17.9 Å². The Kier molecular flexibility index (Phi) is 3.70. The third-order valence-corrected chi connectivity index (χ3v) is 2.90. The van der Waals surface area contributed by atoms with Crippen LogP contribution in [0.4, 0.5) is 0 Å². The Balaban J connectivity index is 2.52. The zero-order valence-electron chi connectivity index (χ0n) is 8.56. The van der Waals surface area contributed by atoms with Crippen LogP contribution >= 0.6 is 22.9 Å². The number of carbonyl (C=O) groups is 1. The number of hydrogen-bond acceptors (Lipinski definition) is 3. The molecule has 1 N–H and O–H groups in total. The molecule has 78 valence electrons. The van der Waals surface area contributed by atoms with Gasteiger partial charge in [0.1, 0.15) is 0 Å². The predicted molar refractivity (Wildman–Crippen MR) is 61.4 cm³/mol. The van der Waals surface area contributed by atoms with Gasteiger partial charge in [-0.25, -0.2) is 0 Å². The summed E-state index contributed by atoms with van der Waals surface area (Å²) in [5.41, 5.74) is -0.0310. The first-order valence-electron chi connectivity index (χ1n) is 4.42. The van der Waals surface area contributed by atoms with Gasteiger partial charge in [0.15, 0.2) is 5.78 Å². The minimum absolute atomic E-state index is 0.0310. The molecule has 0 aliphatic carbocycles. The van der Waals surface area contributed by atoms with E-state index in [4.69, 9.17) is 11.6 Å². The van der Waals surface area contributed by atoms with Gasteiger partial charge in [0.05, 0.1) is 15.8 Å². The van der Waals surface area contributed by atoms with Crippen molar-refractivity contribution in [1.82, 2.24) is 5.32 Å². The molecule has 1 heterocycles. The lowest BCUT2D eigenvalue weighted by Gasteiger charge is -2.19. The third kappa shape index (κ3) is 3.78. The molecule has 0 atom stereocenters. The number of hydrogen-bond donors (Lipinski definition) is 1. The molecule has 4 heteroatoms. The molecule has 2 nitrogen and oxygen atoms in total. The number of Topliss-reactive ketones (excluding diaryl/α,β-unsaturated/α-hetero) is 1.